The van der Waals surface area contributed by atoms with Gasteiger partial charge in [0, 0.05) is 21.7 Å². The number of benzene rings is 3. The Morgan fingerprint density at radius 1 is 0.969 bits per heavy atom. The summed E-state index contributed by atoms with van der Waals surface area (Å²) in [6.45, 7) is 0. The van der Waals surface area contributed by atoms with E-state index < -0.39 is 5.91 Å². The van der Waals surface area contributed by atoms with Crippen molar-refractivity contribution in [2.75, 3.05) is 5.32 Å². The van der Waals surface area contributed by atoms with Gasteiger partial charge in [0.25, 0.3) is 5.91 Å². The van der Waals surface area contributed by atoms with E-state index >= 15 is 0 Å². The molecule has 9 heteroatoms. The summed E-state index contributed by atoms with van der Waals surface area (Å²) >= 11 is 17.5. The summed E-state index contributed by atoms with van der Waals surface area (Å²) in [5, 5.41) is 7.42. The molecular weight excluding hydrogens is 469 g/mol. The van der Waals surface area contributed by atoms with Crippen LogP contribution in [-0.4, -0.2) is 16.0 Å². The Morgan fingerprint density at radius 3 is 2.66 bits per heavy atom. The molecule has 6 nitrogen and oxygen atoms in total. The Balaban J connectivity index is 1.33. The standard InChI is InChI=1S/C23H13Cl2N3O3S/c24-14-10-16(25)20-17(11-14)27-22(31-20)13-5-3-6-15(8-13)26-23(32)28-21(29)19-9-12-4-1-2-7-18(12)30-19/h1-11H,(H2,26,28,29,32). The fraction of sp³-hybridized carbons (Fsp3) is 0. The van der Waals surface area contributed by atoms with Gasteiger partial charge in [-0.3, -0.25) is 10.1 Å². The van der Waals surface area contributed by atoms with Crippen molar-refractivity contribution in [1.29, 1.82) is 0 Å². The average Bonchev–Trinajstić information content (AvgIpc) is 3.38. The van der Waals surface area contributed by atoms with Crippen LogP contribution in [0.15, 0.2) is 75.6 Å². The number of para-hydroxylation sites is 1. The second-order valence-corrected chi connectivity index (χ2v) is 8.14. The zero-order chi connectivity index (χ0) is 22.2. The van der Waals surface area contributed by atoms with Crippen LogP contribution in [0.4, 0.5) is 5.69 Å². The zero-order valence-electron chi connectivity index (χ0n) is 16.2. The second-order valence-electron chi connectivity index (χ2n) is 6.89. The lowest BCUT2D eigenvalue weighted by Gasteiger charge is -2.09. The van der Waals surface area contributed by atoms with Crippen molar-refractivity contribution in [3.63, 3.8) is 0 Å². The van der Waals surface area contributed by atoms with E-state index in [-0.39, 0.29) is 10.9 Å². The highest BCUT2D eigenvalue weighted by molar-refractivity contribution is 7.80. The number of fused-ring (bicyclic) bond motifs is 2. The van der Waals surface area contributed by atoms with E-state index in [1.807, 2.05) is 30.3 Å². The van der Waals surface area contributed by atoms with Gasteiger partial charge in [-0.1, -0.05) is 47.5 Å². The number of carbonyl (C=O) groups excluding carboxylic acids is 1. The summed E-state index contributed by atoms with van der Waals surface area (Å²) in [5.74, 6) is 0.108. The molecule has 0 saturated heterocycles. The molecule has 5 aromatic rings. The molecule has 2 N–H and O–H groups in total. The topological polar surface area (TPSA) is 80.3 Å². The van der Waals surface area contributed by atoms with E-state index in [1.165, 1.54) is 0 Å². The smallest absolute Gasteiger partial charge is 0.293 e. The Morgan fingerprint density at radius 2 is 1.81 bits per heavy atom. The Bertz CT molecular complexity index is 1480. The van der Waals surface area contributed by atoms with Crippen molar-refractivity contribution in [3.05, 3.63) is 82.5 Å². The van der Waals surface area contributed by atoms with Crippen molar-refractivity contribution < 1.29 is 13.6 Å². The first-order chi connectivity index (χ1) is 15.5. The Labute approximate surface area is 197 Å². The SMILES string of the molecule is O=C(NC(=S)Nc1cccc(-c2nc3cc(Cl)cc(Cl)c3o2)c1)c1cc2ccccc2o1. The normalized spacial score (nSPS) is 11.1. The van der Waals surface area contributed by atoms with Gasteiger partial charge in [-0.15, -0.1) is 0 Å². The second kappa shape index (κ2) is 8.27. The van der Waals surface area contributed by atoms with Gasteiger partial charge in [-0.25, -0.2) is 4.98 Å². The van der Waals surface area contributed by atoms with Gasteiger partial charge in [0.2, 0.25) is 5.89 Å². The third-order valence-electron chi connectivity index (χ3n) is 4.65. The predicted molar refractivity (Wildman–Crippen MR) is 129 cm³/mol. The van der Waals surface area contributed by atoms with Crippen LogP contribution in [0, 0.1) is 0 Å². The minimum Gasteiger partial charge on any atom is -0.451 e. The lowest BCUT2D eigenvalue weighted by Crippen LogP contribution is -2.33. The summed E-state index contributed by atoms with van der Waals surface area (Å²) in [6, 6.07) is 19.6. The van der Waals surface area contributed by atoms with E-state index in [0.717, 1.165) is 5.39 Å². The molecule has 0 radical (unpaired) electrons. The van der Waals surface area contributed by atoms with Crippen LogP contribution >= 0.6 is 35.4 Å². The number of rotatable bonds is 3. The lowest BCUT2D eigenvalue weighted by molar-refractivity contribution is 0.0953. The first kappa shape index (κ1) is 20.5. The van der Waals surface area contributed by atoms with Crippen LogP contribution in [0.5, 0.6) is 0 Å². The molecule has 0 unspecified atom stereocenters. The third-order valence-corrected chi connectivity index (χ3v) is 5.36. The lowest BCUT2D eigenvalue weighted by atomic mass is 10.2. The van der Waals surface area contributed by atoms with E-state index in [9.17, 15) is 4.79 Å². The molecule has 0 aliphatic carbocycles. The fourth-order valence-electron chi connectivity index (χ4n) is 3.23. The van der Waals surface area contributed by atoms with Gasteiger partial charge < -0.3 is 14.2 Å². The van der Waals surface area contributed by atoms with Crippen molar-refractivity contribution in [2.45, 2.75) is 0 Å². The Kier molecular flexibility index (Phi) is 5.30. The highest BCUT2D eigenvalue weighted by Gasteiger charge is 2.15. The largest absolute Gasteiger partial charge is 0.451 e. The van der Waals surface area contributed by atoms with Gasteiger partial charge in [0.15, 0.2) is 16.5 Å². The van der Waals surface area contributed by atoms with Gasteiger partial charge >= 0.3 is 0 Å². The first-order valence-corrected chi connectivity index (χ1v) is 10.6. The van der Waals surface area contributed by atoms with Crippen LogP contribution in [0.2, 0.25) is 10.0 Å². The molecule has 2 heterocycles. The number of carbonyl (C=O) groups is 1. The highest BCUT2D eigenvalue weighted by Crippen LogP contribution is 2.32. The summed E-state index contributed by atoms with van der Waals surface area (Å²) in [4.78, 5) is 16.9. The van der Waals surface area contributed by atoms with Gasteiger partial charge in [0.05, 0.1) is 5.02 Å². The molecule has 0 saturated carbocycles. The number of amides is 1. The van der Waals surface area contributed by atoms with Crippen molar-refractivity contribution >= 4 is 74.2 Å². The molecular formula is C23H13Cl2N3O3S. The molecule has 1 amide bonds. The van der Waals surface area contributed by atoms with Gasteiger partial charge in [-0.2, -0.15) is 0 Å². The molecule has 0 aliphatic heterocycles. The minimum absolute atomic E-state index is 0.125. The third kappa shape index (κ3) is 4.05. The molecule has 158 valence electrons. The number of furan rings is 1. The molecule has 0 atom stereocenters. The number of thiocarbonyl (C=S) groups is 1. The van der Waals surface area contributed by atoms with E-state index in [2.05, 4.69) is 15.6 Å². The first-order valence-electron chi connectivity index (χ1n) is 9.43. The molecule has 32 heavy (non-hydrogen) atoms. The number of hydrogen-bond donors (Lipinski definition) is 2. The van der Waals surface area contributed by atoms with Gasteiger partial charge in [-0.05, 0) is 54.7 Å². The van der Waals surface area contributed by atoms with E-state index in [0.29, 0.717) is 43.9 Å². The monoisotopic (exact) mass is 481 g/mol. The number of anilines is 1. The molecule has 0 fully saturated rings. The number of halogens is 2. The van der Waals surface area contributed by atoms with E-state index in [1.54, 1.807) is 36.4 Å². The van der Waals surface area contributed by atoms with E-state index in [4.69, 9.17) is 44.3 Å². The van der Waals surface area contributed by atoms with Crippen LogP contribution in [0.3, 0.4) is 0 Å². The summed E-state index contributed by atoms with van der Waals surface area (Å²) in [7, 11) is 0. The fourth-order valence-corrected chi connectivity index (χ4v) is 3.97. The van der Waals surface area contributed by atoms with Gasteiger partial charge in [0.1, 0.15) is 11.1 Å². The highest BCUT2D eigenvalue weighted by atomic mass is 35.5. The summed E-state index contributed by atoms with van der Waals surface area (Å²) in [5.41, 5.74) is 2.99. The average molecular weight is 482 g/mol. The maximum absolute atomic E-state index is 12.5. The van der Waals surface area contributed by atoms with Crippen molar-refractivity contribution in [3.8, 4) is 11.5 Å². The molecule has 5 rings (SSSR count). The van der Waals surface area contributed by atoms with Crippen LogP contribution in [-0.2, 0) is 0 Å². The molecule has 3 aromatic carbocycles. The molecule has 0 spiro atoms. The predicted octanol–water partition coefficient (Wildman–Crippen LogP) is 6.67. The number of hydrogen-bond acceptors (Lipinski definition) is 5. The number of aromatic nitrogens is 1. The molecule has 2 aromatic heterocycles. The minimum atomic E-state index is -0.444. The number of nitrogens with zero attached hydrogens (tertiary/aromatic N) is 1. The quantitative estimate of drug-likeness (QED) is 0.280. The number of oxazole rings is 1. The zero-order valence-corrected chi connectivity index (χ0v) is 18.5. The Hall–Kier alpha value is -3.39. The number of nitrogens with one attached hydrogen (secondary N) is 2. The van der Waals surface area contributed by atoms with Crippen LogP contribution in [0.25, 0.3) is 33.5 Å². The molecule has 0 aliphatic rings. The maximum atomic E-state index is 12.5. The summed E-state index contributed by atoms with van der Waals surface area (Å²) < 4.78 is 11.4. The maximum Gasteiger partial charge on any atom is 0.293 e. The molecule has 0 bridgehead atoms. The van der Waals surface area contributed by atoms with Crippen molar-refractivity contribution in [1.82, 2.24) is 10.3 Å². The van der Waals surface area contributed by atoms with Crippen molar-refractivity contribution in [2.24, 2.45) is 0 Å². The van der Waals surface area contributed by atoms with Crippen LogP contribution < -0.4 is 10.6 Å². The summed E-state index contributed by atoms with van der Waals surface area (Å²) in [6.07, 6.45) is 0. The van der Waals surface area contributed by atoms with Crippen LogP contribution in [0.1, 0.15) is 10.6 Å².